The predicted octanol–water partition coefficient (Wildman–Crippen LogP) is 1.96. The lowest BCUT2D eigenvalue weighted by atomic mass is 9.95. The average Bonchev–Trinajstić information content (AvgIpc) is 2.66. The van der Waals surface area contributed by atoms with E-state index >= 15 is 0 Å². The van der Waals surface area contributed by atoms with Gasteiger partial charge in [0.15, 0.2) is 0 Å². The minimum Gasteiger partial charge on any atom is -0.427 e. The van der Waals surface area contributed by atoms with Gasteiger partial charge in [-0.15, -0.1) is 0 Å². The molecule has 1 saturated heterocycles. The van der Waals surface area contributed by atoms with E-state index in [2.05, 4.69) is 20.9 Å². The molecule has 144 valence electrons. The fourth-order valence-corrected chi connectivity index (χ4v) is 3.32. The summed E-state index contributed by atoms with van der Waals surface area (Å²) in [5, 5.41) is 9.24. The lowest BCUT2D eigenvalue weighted by Gasteiger charge is -2.22. The first kappa shape index (κ1) is 19.1. The van der Waals surface area contributed by atoms with E-state index in [1.54, 1.807) is 13.1 Å². The molecule has 1 fully saturated rings. The van der Waals surface area contributed by atoms with Crippen molar-refractivity contribution in [2.24, 2.45) is 0 Å². The van der Waals surface area contributed by atoms with Gasteiger partial charge in [0.1, 0.15) is 17.1 Å². The molecule has 1 unspecified atom stereocenters. The Balaban J connectivity index is 1.59. The summed E-state index contributed by atoms with van der Waals surface area (Å²) in [5.41, 5.74) is 1.20. The topological polar surface area (TPSA) is 96.3 Å². The van der Waals surface area contributed by atoms with E-state index < -0.39 is 11.5 Å². The Labute approximate surface area is 158 Å². The van der Waals surface area contributed by atoms with Crippen molar-refractivity contribution in [3.8, 4) is 0 Å². The molecule has 3 rings (SSSR count). The van der Waals surface area contributed by atoms with Crippen molar-refractivity contribution in [2.45, 2.75) is 32.6 Å². The van der Waals surface area contributed by atoms with Crippen molar-refractivity contribution >= 4 is 11.7 Å². The molecule has 7 nitrogen and oxygen atoms in total. The average molecular weight is 370 g/mol. The van der Waals surface area contributed by atoms with E-state index in [1.165, 1.54) is 0 Å². The maximum absolute atomic E-state index is 12.4. The van der Waals surface area contributed by atoms with Crippen LogP contribution in [0.15, 0.2) is 33.6 Å². The molecule has 0 aromatic carbocycles. The van der Waals surface area contributed by atoms with Gasteiger partial charge in [0, 0.05) is 31.7 Å². The number of piperidine rings is 1. The van der Waals surface area contributed by atoms with E-state index in [1.807, 2.05) is 25.1 Å². The number of aromatic nitrogens is 1. The number of carbonyl (C=O) groups excluding carboxylic acids is 1. The highest BCUT2D eigenvalue weighted by Gasteiger charge is 2.22. The summed E-state index contributed by atoms with van der Waals surface area (Å²) in [5.74, 6) is 1.23. The number of pyridine rings is 1. The van der Waals surface area contributed by atoms with E-state index in [0.717, 1.165) is 37.3 Å². The monoisotopic (exact) mass is 370 g/mol. The lowest BCUT2D eigenvalue weighted by molar-refractivity contribution is 0.0950. The minimum absolute atomic E-state index is 0.0801. The Kier molecular flexibility index (Phi) is 6.24. The molecule has 3 N–H and O–H groups in total. The molecular weight excluding hydrogens is 344 g/mol. The van der Waals surface area contributed by atoms with Crippen LogP contribution in [0, 0.1) is 13.8 Å². The van der Waals surface area contributed by atoms with Gasteiger partial charge in [0.05, 0.1) is 0 Å². The maximum atomic E-state index is 12.4. The predicted molar refractivity (Wildman–Crippen MR) is 104 cm³/mol. The molecular formula is C20H26N4O3. The fourth-order valence-electron chi connectivity index (χ4n) is 3.32. The Hall–Kier alpha value is -2.67. The number of amides is 1. The van der Waals surface area contributed by atoms with Crippen LogP contribution in [0.25, 0.3) is 0 Å². The zero-order chi connectivity index (χ0) is 19.2. The van der Waals surface area contributed by atoms with Crippen LogP contribution in [0.5, 0.6) is 0 Å². The Morgan fingerprint density at radius 1 is 1.33 bits per heavy atom. The summed E-state index contributed by atoms with van der Waals surface area (Å²) >= 11 is 0. The minimum atomic E-state index is -0.568. The normalized spacial score (nSPS) is 16.7. The van der Waals surface area contributed by atoms with Crippen LogP contribution >= 0.6 is 0 Å². The highest BCUT2D eigenvalue weighted by atomic mass is 16.4. The second kappa shape index (κ2) is 8.81. The van der Waals surface area contributed by atoms with Crippen molar-refractivity contribution in [3.05, 3.63) is 57.3 Å². The third-order valence-corrected chi connectivity index (χ3v) is 4.81. The van der Waals surface area contributed by atoms with Crippen LogP contribution in [-0.2, 0) is 0 Å². The molecule has 0 saturated carbocycles. The first-order valence-corrected chi connectivity index (χ1v) is 9.35. The van der Waals surface area contributed by atoms with Crippen LogP contribution in [0.2, 0.25) is 0 Å². The molecule has 1 aliphatic rings. The van der Waals surface area contributed by atoms with Gasteiger partial charge in [0.2, 0.25) is 0 Å². The van der Waals surface area contributed by atoms with E-state index in [-0.39, 0.29) is 11.5 Å². The van der Waals surface area contributed by atoms with Gasteiger partial charge in [-0.2, -0.15) is 0 Å². The van der Waals surface area contributed by atoms with Crippen LogP contribution < -0.4 is 21.6 Å². The van der Waals surface area contributed by atoms with Crippen molar-refractivity contribution in [1.82, 2.24) is 15.6 Å². The molecule has 7 heteroatoms. The summed E-state index contributed by atoms with van der Waals surface area (Å²) in [6.07, 6.45) is 3.75. The molecule has 27 heavy (non-hydrogen) atoms. The number of hydrogen-bond acceptors (Lipinski definition) is 6. The molecule has 1 atom stereocenters. The van der Waals surface area contributed by atoms with Crippen molar-refractivity contribution in [1.29, 1.82) is 0 Å². The van der Waals surface area contributed by atoms with Crippen LogP contribution in [0.3, 0.4) is 0 Å². The van der Waals surface area contributed by atoms with E-state index in [4.69, 9.17) is 4.42 Å². The summed E-state index contributed by atoms with van der Waals surface area (Å²) in [6.45, 7) is 6.42. The van der Waals surface area contributed by atoms with E-state index in [9.17, 15) is 9.59 Å². The van der Waals surface area contributed by atoms with Gasteiger partial charge in [-0.3, -0.25) is 4.79 Å². The van der Waals surface area contributed by atoms with E-state index in [0.29, 0.717) is 24.4 Å². The Morgan fingerprint density at radius 3 is 2.89 bits per heavy atom. The number of nitrogens with zero attached hydrogens (tertiary/aromatic N) is 1. The number of nitrogens with one attached hydrogen (secondary N) is 3. The summed E-state index contributed by atoms with van der Waals surface area (Å²) in [6, 6.07) is 5.66. The number of rotatable bonds is 6. The van der Waals surface area contributed by atoms with Gasteiger partial charge >= 0.3 is 5.63 Å². The van der Waals surface area contributed by atoms with Gasteiger partial charge in [-0.1, -0.05) is 6.07 Å². The summed E-state index contributed by atoms with van der Waals surface area (Å²) < 4.78 is 5.46. The molecule has 0 bridgehead atoms. The molecule has 1 amide bonds. The van der Waals surface area contributed by atoms with Crippen molar-refractivity contribution in [2.75, 3.05) is 31.5 Å². The summed E-state index contributed by atoms with van der Waals surface area (Å²) in [4.78, 5) is 29.0. The number of anilines is 1. The molecule has 2 aromatic rings. The molecule has 3 heterocycles. The van der Waals surface area contributed by atoms with Crippen molar-refractivity contribution < 1.29 is 9.21 Å². The van der Waals surface area contributed by atoms with Gasteiger partial charge in [-0.05, 0) is 56.5 Å². The number of hydrogen-bond donors (Lipinski definition) is 3. The molecule has 0 spiro atoms. The van der Waals surface area contributed by atoms with Crippen LogP contribution in [-0.4, -0.2) is 37.1 Å². The molecule has 0 radical (unpaired) electrons. The third kappa shape index (κ3) is 4.74. The lowest BCUT2D eigenvalue weighted by Crippen LogP contribution is -2.34. The molecule has 1 aliphatic heterocycles. The second-order valence-electron chi connectivity index (χ2n) is 6.89. The first-order chi connectivity index (χ1) is 13.1. The first-order valence-electron chi connectivity index (χ1n) is 9.35. The maximum Gasteiger partial charge on any atom is 0.349 e. The highest BCUT2D eigenvalue weighted by Crippen LogP contribution is 2.23. The fraction of sp³-hybridized carbons (Fsp3) is 0.450. The van der Waals surface area contributed by atoms with Crippen LogP contribution in [0.4, 0.5) is 5.82 Å². The molecule has 0 aliphatic carbocycles. The Morgan fingerprint density at radius 2 is 2.19 bits per heavy atom. The van der Waals surface area contributed by atoms with Gasteiger partial charge in [0.25, 0.3) is 5.91 Å². The zero-order valence-electron chi connectivity index (χ0n) is 15.8. The SMILES string of the molecule is Cc1cccnc1NCCNC(=O)c1c(C)cc(C2CCCNC2)oc1=O. The van der Waals surface area contributed by atoms with Crippen molar-refractivity contribution in [3.63, 3.8) is 0 Å². The van der Waals surface area contributed by atoms with Crippen LogP contribution in [0.1, 0.15) is 46.0 Å². The molecule has 2 aromatic heterocycles. The standard InChI is InChI=1S/C20H26N4O3/c1-13-5-3-8-22-18(13)23-9-10-24-19(25)17-14(2)11-16(27-20(17)26)15-6-4-7-21-12-15/h3,5,8,11,15,21H,4,6-7,9-10,12H2,1-2H3,(H,22,23)(H,24,25). The van der Waals surface area contributed by atoms with Gasteiger partial charge in [-0.25, -0.2) is 9.78 Å². The highest BCUT2D eigenvalue weighted by molar-refractivity contribution is 5.95. The van der Waals surface area contributed by atoms with Gasteiger partial charge < -0.3 is 20.4 Å². The Bertz CT molecular complexity index is 857. The number of aryl methyl sites for hydroxylation is 2. The zero-order valence-corrected chi connectivity index (χ0v) is 15.8. The third-order valence-electron chi connectivity index (χ3n) is 4.81. The summed E-state index contributed by atoms with van der Waals surface area (Å²) in [7, 11) is 0. The number of carbonyl (C=O) groups is 1. The smallest absolute Gasteiger partial charge is 0.349 e. The largest absolute Gasteiger partial charge is 0.427 e. The quantitative estimate of drug-likeness (QED) is 0.673. The second-order valence-corrected chi connectivity index (χ2v) is 6.89.